The third kappa shape index (κ3) is 2.46. The van der Waals surface area contributed by atoms with E-state index >= 15 is 0 Å². The summed E-state index contributed by atoms with van der Waals surface area (Å²) in [5.74, 6) is 0.0498. The summed E-state index contributed by atoms with van der Waals surface area (Å²) in [6.07, 6.45) is 3.51. The zero-order valence-electron chi connectivity index (χ0n) is 14.3. The second-order valence-electron chi connectivity index (χ2n) is 6.16. The number of nitriles is 1. The lowest BCUT2D eigenvalue weighted by molar-refractivity contribution is 0.961. The molecule has 134 valence electrons. The van der Waals surface area contributed by atoms with Gasteiger partial charge in [-0.1, -0.05) is 17.7 Å². The van der Waals surface area contributed by atoms with Crippen LogP contribution in [0.2, 0.25) is 5.02 Å². The van der Waals surface area contributed by atoms with Crippen LogP contribution in [0, 0.1) is 11.3 Å². The van der Waals surface area contributed by atoms with Crippen LogP contribution < -0.4 is 5.73 Å². The van der Waals surface area contributed by atoms with Crippen molar-refractivity contribution in [3.8, 4) is 28.7 Å². The molecule has 0 bridgehead atoms. The van der Waals surface area contributed by atoms with Crippen molar-refractivity contribution in [3.05, 3.63) is 59.5 Å². The van der Waals surface area contributed by atoms with Gasteiger partial charge in [-0.2, -0.15) is 15.5 Å². The van der Waals surface area contributed by atoms with Gasteiger partial charge < -0.3 is 5.73 Å². The molecule has 0 atom stereocenters. The number of rotatable bonds is 2. The molecule has 4 aromatic heterocycles. The van der Waals surface area contributed by atoms with Crippen LogP contribution in [-0.4, -0.2) is 29.8 Å². The molecule has 9 heteroatoms. The molecule has 4 heterocycles. The molecule has 5 aromatic rings. The second-order valence-corrected chi connectivity index (χ2v) is 6.57. The molecule has 0 aliphatic carbocycles. The Morgan fingerprint density at radius 3 is 2.86 bits per heavy atom. The average Bonchev–Trinajstić information content (AvgIpc) is 3.34. The van der Waals surface area contributed by atoms with Gasteiger partial charge in [-0.05, 0) is 30.3 Å². The molecule has 0 saturated heterocycles. The van der Waals surface area contributed by atoms with Crippen LogP contribution >= 0.6 is 11.6 Å². The van der Waals surface area contributed by atoms with E-state index in [-0.39, 0.29) is 11.5 Å². The van der Waals surface area contributed by atoms with Gasteiger partial charge in [-0.3, -0.25) is 5.10 Å². The topological polar surface area (TPSA) is 122 Å². The number of aromatic amines is 1. The molecular formula is C19H11ClN8. The number of fused-ring (bicyclic) bond motifs is 2. The van der Waals surface area contributed by atoms with Crippen molar-refractivity contribution in [2.45, 2.75) is 0 Å². The fourth-order valence-corrected chi connectivity index (χ4v) is 3.38. The fourth-order valence-electron chi connectivity index (χ4n) is 3.12. The van der Waals surface area contributed by atoms with Crippen molar-refractivity contribution in [1.29, 1.82) is 5.26 Å². The first-order chi connectivity index (χ1) is 13.6. The molecule has 5 rings (SSSR count). The number of pyridine rings is 1. The predicted octanol–water partition coefficient (Wildman–Crippen LogP) is 3.44. The lowest BCUT2D eigenvalue weighted by Crippen LogP contribution is -2.03. The normalized spacial score (nSPS) is 11.1. The monoisotopic (exact) mass is 386 g/mol. The molecule has 0 spiro atoms. The van der Waals surface area contributed by atoms with Crippen LogP contribution in [0.3, 0.4) is 0 Å². The van der Waals surface area contributed by atoms with Crippen LogP contribution in [0.25, 0.3) is 39.1 Å². The van der Waals surface area contributed by atoms with E-state index in [4.69, 9.17) is 17.3 Å². The number of aromatic nitrogens is 6. The van der Waals surface area contributed by atoms with Crippen molar-refractivity contribution in [1.82, 2.24) is 29.8 Å². The second kappa shape index (κ2) is 6.04. The Morgan fingerprint density at radius 2 is 2.04 bits per heavy atom. The molecule has 3 N–H and O–H groups in total. The molecule has 1 aromatic carbocycles. The summed E-state index contributed by atoms with van der Waals surface area (Å²) in [7, 11) is 0. The molecule has 0 radical (unpaired) electrons. The first-order valence-corrected chi connectivity index (χ1v) is 8.67. The number of nitrogens with zero attached hydrogens (tertiary/aromatic N) is 6. The fraction of sp³-hybridized carbons (Fsp3) is 0. The number of halogens is 1. The quantitative estimate of drug-likeness (QED) is 0.479. The number of nitrogens with one attached hydrogen (secondary N) is 1. The summed E-state index contributed by atoms with van der Waals surface area (Å²) in [6.45, 7) is 0. The first kappa shape index (κ1) is 16.2. The summed E-state index contributed by atoms with van der Waals surface area (Å²) in [5, 5.41) is 22.1. The van der Waals surface area contributed by atoms with Crippen LogP contribution in [0.15, 0.2) is 48.8 Å². The van der Waals surface area contributed by atoms with E-state index in [0.29, 0.717) is 27.7 Å². The largest absolute Gasteiger partial charge is 0.381 e. The SMILES string of the molecule is N#Cc1nc(-c2cc(Cl)c3[nH]ncc3c2)c(-c2cc3ccccn3n2)nc1N. The van der Waals surface area contributed by atoms with E-state index in [2.05, 4.69) is 25.3 Å². The van der Waals surface area contributed by atoms with Crippen LogP contribution in [0.5, 0.6) is 0 Å². The Morgan fingerprint density at radius 1 is 1.14 bits per heavy atom. The third-order valence-corrected chi connectivity index (χ3v) is 4.71. The van der Waals surface area contributed by atoms with E-state index in [9.17, 15) is 5.26 Å². The van der Waals surface area contributed by atoms with Crippen LogP contribution in [-0.2, 0) is 0 Å². The summed E-state index contributed by atoms with van der Waals surface area (Å²) in [4.78, 5) is 8.89. The van der Waals surface area contributed by atoms with E-state index in [1.54, 1.807) is 16.8 Å². The van der Waals surface area contributed by atoms with E-state index in [1.807, 2.05) is 42.6 Å². The minimum Gasteiger partial charge on any atom is -0.381 e. The number of H-pyrrole nitrogens is 1. The molecule has 0 unspecified atom stereocenters. The Balaban J connectivity index is 1.81. The molecule has 0 aliphatic heterocycles. The molecular weight excluding hydrogens is 376 g/mol. The van der Waals surface area contributed by atoms with Crippen molar-refractivity contribution < 1.29 is 0 Å². The maximum absolute atomic E-state index is 9.37. The zero-order chi connectivity index (χ0) is 19.3. The lowest BCUT2D eigenvalue weighted by Gasteiger charge is -2.09. The third-order valence-electron chi connectivity index (χ3n) is 4.42. The van der Waals surface area contributed by atoms with Crippen LogP contribution in [0.1, 0.15) is 5.69 Å². The number of hydrogen-bond donors (Lipinski definition) is 2. The summed E-state index contributed by atoms with van der Waals surface area (Å²) in [5.41, 5.74) is 9.84. The van der Waals surface area contributed by atoms with Crippen molar-refractivity contribution in [2.24, 2.45) is 0 Å². The predicted molar refractivity (Wildman–Crippen MR) is 105 cm³/mol. The van der Waals surface area contributed by atoms with Crippen LogP contribution in [0.4, 0.5) is 5.82 Å². The summed E-state index contributed by atoms with van der Waals surface area (Å²) >= 11 is 6.39. The van der Waals surface area contributed by atoms with Gasteiger partial charge in [-0.25, -0.2) is 14.5 Å². The maximum atomic E-state index is 9.37. The van der Waals surface area contributed by atoms with Crippen molar-refractivity contribution in [2.75, 3.05) is 5.73 Å². The minimum atomic E-state index is 0.0472. The number of anilines is 1. The zero-order valence-corrected chi connectivity index (χ0v) is 15.0. The van der Waals surface area contributed by atoms with Gasteiger partial charge in [0.2, 0.25) is 0 Å². The Labute approximate surface area is 163 Å². The van der Waals surface area contributed by atoms with E-state index < -0.39 is 0 Å². The molecule has 0 saturated carbocycles. The molecule has 28 heavy (non-hydrogen) atoms. The Hall–Kier alpha value is -3.96. The number of benzene rings is 1. The molecule has 0 aliphatic rings. The average molecular weight is 387 g/mol. The van der Waals surface area contributed by atoms with Gasteiger partial charge >= 0.3 is 0 Å². The molecule has 8 nitrogen and oxygen atoms in total. The summed E-state index contributed by atoms with van der Waals surface area (Å²) in [6, 6.07) is 13.2. The highest BCUT2D eigenvalue weighted by Gasteiger charge is 2.19. The standard InChI is InChI=1S/C19H11ClN8/c20-13-6-10(5-11-9-23-26-16(11)13)17-18(25-19(22)15(8-21)24-17)14-7-12-3-1-2-4-28(12)27-14/h1-7,9H,(H2,22,25)(H,23,26). The van der Waals surface area contributed by atoms with Gasteiger partial charge in [0.25, 0.3) is 0 Å². The molecule has 0 fully saturated rings. The van der Waals surface area contributed by atoms with Crippen molar-refractivity contribution >= 4 is 33.8 Å². The highest BCUT2D eigenvalue weighted by atomic mass is 35.5. The lowest BCUT2D eigenvalue weighted by atomic mass is 10.1. The van der Waals surface area contributed by atoms with E-state index in [1.165, 1.54) is 0 Å². The van der Waals surface area contributed by atoms with Gasteiger partial charge in [-0.15, -0.1) is 0 Å². The Bertz CT molecular complexity index is 1380. The highest BCUT2D eigenvalue weighted by Crippen LogP contribution is 2.34. The highest BCUT2D eigenvalue weighted by molar-refractivity contribution is 6.35. The van der Waals surface area contributed by atoms with Gasteiger partial charge in [0, 0.05) is 17.1 Å². The van der Waals surface area contributed by atoms with E-state index in [0.717, 1.165) is 16.4 Å². The number of nitrogens with two attached hydrogens (primary N) is 1. The smallest absolute Gasteiger partial charge is 0.183 e. The Kier molecular flexibility index (Phi) is 3.50. The number of hydrogen-bond acceptors (Lipinski definition) is 6. The number of nitrogen functional groups attached to an aromatic ring is 1. The summed E-state index contributed by atoms with van der Waals surface area (Å²) < 4.78 is 1.74. The van der Waals surface area contributed by atoms with Crippen molar-refractivity contribution in [3.63, 3.8) is 0 Å². The van der Waals surface area contributed by atoms with Gasteiger partial charge in [0.15, 0.2) is 11.5 Å². The van der Waals surface area contributed by atoms with Gasteiger partial charge in [0.1, 0.15) is 23.2 Å². The minimum absolute atomic E-state index is 0.0472. The first-order valence-electron chi connectivity index (χ1n) is 8.29. The maximum Gasteiger partial charge on any atom is 0.183 e. The van der Waals surface area contributed by atoms with Gasteiger partial charge in [0.05, 0.1) is 22.3 Å². The molecule has 0 amide bonds.